The van der Waals surface area contributed by atoms with Gasteiger partial charge in [0.15, 0.2) is 0 Å². The van der Waals surface area contributed by atoms with Crippen molar-refractivity contribution in [3.63, 3.8) is 0 Å². The second-order valence-corrected chi connectivity index (χ2v) is 5.05. The molecule has 0 heterocycles. The molecular formula is C15H20ClNO3. The lowest BCUT2D eigenvalue weighted by Gasteiger charge is -2.06. The Bertz CT molecular complexity index is 448. The number of rotatable bonds is 9. The summed E-state index contributed by atoms with van der Waals surface area (Å²) in [7, 11) is 0. The number of carboxylic acid groups (broad SMARTS) is 1. The summed E-state index contributed by atoms with van der Waals surface area (Å²) in [5.41, 5.74) is 0.978. The van der Waals surface area contributed by atoms with E-state index in [0.717, 1.165) is 18.4 Å². The number of unbranched alkanes of at least 4 members (excludes halogenated alkanes) is 2. The SMILES string of the molecule is O=C(O)CCCCCNC(=O)CCc1ccccc1Cl. The molecule has 0 fully saturated rings. The Morgan fingerprint density at radius 1 is 1.10 bits per heavy atom. The number of carbonyl (C=O) groups excluding carboxylic acids is 1. The first-order valence-electron chi connectivity index (χ1n) is 6.81. The maximum absolute atomic E-state index is 11.6. The standard InChI is InChI=1S/C15H20ClNO3/c16-13-7-4-3-6-12(13)9-10-14(18)17-11-5-1-2-8-15(19)20/h3-4,6-7H,1-2,5,8-11H2,(H,17,18)(H,19,20). The molecule has 0 spiro atoms. The lowest BCUT2D eigenvalue weighted by molar-refractivity contribution is -0.137. The lowest BCUT2D eigenvalue weighted by Crippen LogP contribution is -2.24. The van der Waals surface area contributed by atoms with Crippen LogP contribution in [0.4, 0.5) is 0 Å². The molecule has 1 aromatic rings. The van der Waals surface area contributed by atoms with Gasteiger partial charge in [0.2, 0.25) is 5.91 Å². The van der Waals surface area contributed by atoms with Gasteiger partial charge in [-0.05, 0) is 30.9 Å². The van der Waals surface area contributed by atoms with Gasteiger partial charge in [-0.15, -0.1) is 0 Å². The molecule has 4 nitrogen and oxygen atoms in total. The molecule has 0 aliphatic heterocycles. The summed E-state index contributed by atoms with van der Waals surface area (Å²) in [6, 6.07) is 7.50. The third-order valence-electron chi connectivity index (χ3n) is 2.97. The van der Waals surface area contributed by atoms with Gasteiger partial charge in [-0.1, -0.05) is 36.2 Å². The summed E-state index contributed by atoms with van der Waals surface area (Å²) in [5, 5.41) is 12.0. The van der Waals surface area contributed by atoms with Gasteiger partial charge < -0.3 is 10.4 Å². The van der Waals surface area contributed by atoms with Crippen molar-refractivity contribution in [2.75, 3.05) is 6.54 Å². The smallest absolute Gasteiger partial charge is 0.303 e. The van der Waals surface area contributed by atoms with Gasteiger partial charge in [-0.25, -0.2) is 0 Å². The third-order valence-corrected chi connectivity index (χ3v) is 3.34. The second kappa shape index (κ2) is 9.37. The molecule has 0 aliphatic rings. The summed E-state index contributed by atoms with van der Waals surface area (Å²) >= 11 is 6.02. The van der Waals surface area contributed by atoms with Gasteiger partial charge in [0, 0.05) is 24.4 Å². The number of amides is 1. The van der Waals surface area contributed by atoms with Crippen LogP contribution in [0.3, 0.4) is 0 Å². The van der Waals surface area contributed by atoms with Crippen LogP contribution >= 0.6 is 11.6 Å². The lowest BCUT2D eigenvalue weighted by atomic mass is 10.1. The molecular weight excluding hydrogens is 278 g/mol. The molecule has 0 aromatic heterocycles. The van der Waals surface area contributed by atoms with Crippen molar-refractivity contribution < 1.29 is 14.7 Å². The van der Waals surface area contributed by atoms with Gasteiger partial charge in [0.05, 0.1) is 0 Å². The van der Waals surface area contributed by atoms with Gasteiger partial charge in [0.25, 0.3) is 0 Å². The second-order valence-electron chi connectivity index (χ2n) is 4.65. The van der Waals surface area contributed by atoms with Gasteiger partial charge in [-0.2, -0.15) is 0 Å². The summed E-state index contributed by atoms with van der Waals surface area (Å²) < 4.78 is 0. The van der Waals surface area contributed by atoms with E-state index >= 15 is 0 Å². The van der Waals surface area contributed by atoms with Crippen LogP contribution in [0.2, 0.25) is 5.02 Å². The molecule has 0 saturated carbocycles. The minimum atomic E-state index is -0.770. The molecule has 110 valence electrons. The highest BCUT2D eigenvalue weighted by molar-refractivity contribution is 6.31. The van der Waals surface area contributed by atoms with E-state index in [1.165, 1.54) is 0 Å². The zero-order valence-corrected chi connectivity index (χ0v) is 12.2. The normalized spacial score (nSPS) is 10.2. The minimum absolute atomic E-state index is 0.00292. The fourth-order valence-electron chi connectivity index (χ4n) is 1.84. The molecule has 0 saturated heterocycles. The Labute approximate surface area is 124 Å². The van der Waals surface area contributed by atoms with Crippen LogP contribution in [-0.4, -0.2) is 23.5 Å². The summed E-state index contributed by atoms with van der Waals surface area (Å²) in [4.78, 5) is 21.9. The van der Waals surface area contributed by atoms with Crippen molar-refractivity contribution in [3.8, 4) is 0 Å². The molecule has 1 rings (SSSR count). The van der Waals surface area contributed by atoms with Gasteiger partial charge in [0.1, 0.15) is 0 Å². The van der Waals surface area contributed by atoms with Gasteiger partial charge >= 0.3 is 5.97 Å². The van der Waals surface area contributed by atoms with Crippen molar-refractivity contribution in [1.82, 2.24) is 5.32 Å². The molecule has 20 heavy (non-hydrogen) atoms. The summed E-state index contributed by atoms with van der Waals surface area (Å²) in [6.07, 6.45) is 3.52. The maximum Gasteiger partial charge on any atom is 0.303 e. The fourth-order valence-corrected chi connectivity index (χ4v) is 2.07. The van der Waals surface area contributed by atoms with Crippen molar-refractivity contribution in [3.05, 3.63) is 34.9 Å². The van der Waals surface area contributed by atoms with Crippen LogP contribution in [0.5, 0.6) is 0 Å². The molecule has 0 atom stereocenters. The molecule has 2 N–H and O–H groups in total. The number of hydrogen-bond donors (Lipinski definition) is 2. The average molecular weight is 298 g/mol. The van der Waals surface area contributed by atoms with E-state index in [2.05, 4.69) is 5.32 Å². The van der Waals surface area contributed by atoms with Crippen LogP contribution in [0.1, 0.15) is 37.7 Å². The number of nitrogens with one attached hydrogen (secondary N) is 1. The third kappa shape index (κ3) is 7.14. The number of carbonyl (C=O) groups is 2. The van der Waals surface area contributed by atoms with Crippen molar-refractivity contribution in [1.29, 1.82) is 0 Å². The predicted molar refractivity (Wildman–Crippen MR) is 78.9 cm³/mol. The Kier molecular flexibility index (Phi) is 7.73. The molecule has 5 heteroatoms. The maximum atomic E-state index is 11.6. The monoisotopic (exact) mass is 297 g/mol. The zero-order valence-electron chi connectivity index (χ0n) is 11.4. The van der Waals surface area contributed by atoms with E-state index in [1.807, 2.05) is 24.3 Å². The van der Waals surface area contributed by atoms with Crippen LogP contribution < -0.4 is 5.32 Å². The number of carboxylic acids is 1. The molecule has 0 aliphatic carbocycles. The number of aliphatic carboxylic acids is 1. The van der Waals surface area contributed by atoms with E-state index in [0.29, 0.717) is 30.8 Å². The van der Waals surface area contributed by atoms with Gasteiger partial charge in [-0.3, -0.25) is 9.59 Å². The van der Waals surface area contributed by atoms with Crippen LogP contribution in [0.25, 0.3) is 0 Å². The van der Waals surface area contributed by atoms with Crippen LogP contribution in [0.15, 0.2) is 24.3 Å². The molecule has 0 radical (unpaired) electrons. The highest BCUT2D eigenvalue weighted by Gasteiger charge is 2.04. The Morgan fingerprint density at radius 3 is 2.55 bits per heavy atom. The topological polar surface area (TPSA) is 66.4 Å². The van der Waals surface area contributed by atoms with Crippen molar-refractivity contribution in [2.45, 2.75) is 38.5 Å². The molecule has 0 unspecified atom stereocenters. The van der Waals surface area contributed by atoms with E-state index < -0.39 is 5.97 Å². The number of hydrogen-bond acceptors (Lipinski definition) is 2. The number of benzene rings is 1. The van der Waals surface area contributed by atoms with E-state index in [9.17, 15) is 9.59 Å². The highest BCUT2D eigenvalue weighted by Crippen LogP contribution is 2.16. The molecule has 1 amide bonds. The molecule has 1 aromatic carbocycles. The quantitative estimate of drug-likeness (QED) is 0.689. The van der Waals surface area contributed by atoms with Crippen LogP contribution in [-0.2, 0) is 16.0 Å². The zero-order chi connectivity index (χ0) is 14.8. The first kappa shape index (κ1) is 16.5. The Hall–Kier alpha value is -1.55. The number of aryl methyl sites for hydroxylation is 1. The first-order chi connectivity index (χ1) is 9.59. The first-order valence-corrected chi connectivity index (χ1v) is 7.19. The summed E-state index contributed by atoms with van der Waals surface area (Å²) in [5.74, 6) is -0.767. The largest absolute Gasteiger partial charge is 0.481 e. The minimum Gasteiger partial charge on any atom is -0.481 e. The molecule has 0 bridgehead atoms. The predicted octanol–water partition coefficient (Wildman–Crippen LogP) is 3.03. The van der Waals surface area contributed by atoms with E-state index in [1.54, 1.807) is 0 Å². The number of halogens is 1. The fraction of sp³-hybridized carbons (Fsp3) is 0.467. The Balaban J connectivity index is 2.09. The van der Waals surface area contributed by atoms with Crippen molar-refractivity contribution >= 4 is 23.5 Å². The average Bonchev–Trinajstić information content (AvgIpc) is 2.41. The highest BCUT2D eigenvalue weighted by atomic mass is 35.5. The van der Waals surface area contributed by atoms with Crippen LogP contribution in [0, 0.1) is 0 Å². The Morgan fingerprint density at radius 2 is 1.85 bits per heavy atom. The van der Waals surface area contributed by atoms with E-state index in [-0.39, 0.29) is 12.3 Å². The van der Waals surface area contributed by atoms with E-state index in [4.69, 9.17) is 16.7 Å². The van der Waals surface area contributed by atoms with Crippen molar-refractivity contribution in [2.24, 2.45) is 0 Å². The summed E-state index contributed by atoms with van der Waals surface area (Å²) in [6.45, 7) is 0.598.